The molecule has 0 aliphatic rings. The molecule has 1 aromatic carbocycles. The van der Waals surface area contributed by atoms with Gasteiger partial charge in [0.1, 0.15) is 24.3 Å². The average Bonchev–Trinajstić information content (AvgIpc) is 2.15. The van der Waals surface area contributed by atoms with Gasteiger partial charge in [-0.25, -0.2) is 17.6 Å². The number of aliphatic hydroxyl groups is 1. The lowest BCUT2D eigenvalue weighted by Gasteiger charge is -2.22. The van der Waals surface area contributed by atoms with Gasteiger partial charge >= 0.3 is 0 Å². The van der Waals surface area contributed by atoms with Crippen molar-refractivity contribution in [3.8, 4) is 0 Å². The summed E-state index contributed by atoms with van der Waals surface area (Å²) in [5.74, 6) is -6.36. The van der Waals surface area contributed by atoms with Crippen LogP contribution < -0.4 is 5.73 Å². The van der Waals surface area contributed by atoms with Crippen molar-refractivity contribution in [1.82, 2.24) is 0 Å². The van der Waals surface area contributed by atoms with Crippen molar-refractivity contribution < 1.29 is 22.7 Å². The van der Waals surface area contributed by atoms with Crippen LogP contribution in [0.1, 0.15) is 11.6 Å². The molecule has 0 saturated heterocycles. The predicted octanol–water partition coefficient (Wildman–Crippen LogP) is 2.25. The molecule has 0 bridgehead atoms. The zero-order valence-corrected chi connectivity index (χ0v) is 8.61. The summed E-state index contributed by atoms with van der Waals surface area (Å²) in [5, 5.41) is 8.10. The van der Waals surface area contributed by atoms with E-state index < -0.39 is 35.8 Å². The molecule has 1 aromatic rings. The van der Waals surface area contributed by atoms with Crippen molar-refractivity contribution in [2.24, 2.45) is 5.73 Å². The minimum atomic E-state index is -3.81. The van der Waals surface area contributed by atoms with Crippen LogP contribution in [0.4, 0.5) is 17.6 Å². The van der Waals surface area contributed by atoms with Crippen molar-refractivity contribution >= 4 is 11.6 Å². The van der Waals surface area contributed by atoms with E-state index in [0.717, 1.165) is 0 Å². The normalized spacial score (nSPS) is 13.9. The molecular formula is C9H8ClF4NO. The summed E-state index contributed by atoms with van der Waals surface area (Å²) in [7, 11) is 0. The van der Waals surface area contributed by atoms with Gasteiger partial charge in [-0.1, -0.05) is 11.6 Å². The highest BCUT2D eigenvalue weighted by Crippen LogP contribution is 2.33. The predicted molar refractivity (Wildman–Crippen MR) is 50.3 cm³/mol. The highest BCUT2D eigenvalue weighted by Gasteiger charge is 2.40. The summed E-state index contributed by atoms with van der Waals surface area (Å²) in [6, 6.07) is -0.921. The summed E-state index contributed by atoms with van der Waals surface area (Å²) in [6.07, 6.45) is 0. The molecular weight excluding hydrogens is 250 g/mol. The third-order valence-corrected chi connectivity index (χ3v) is 2.24. The lowest BCUT2D eigenvalue weighted by molar-refractivity contribution is -0.0726. The van der Waals surface area contributed by atoms with Gasteiger partial charge in [0.2, 0.25) is 0 Å². The monoisotopic (exact) mass is 257 g/mol. The van der Waals surface area contributed by atoms with E-state index in [0.29, 0.717) is 12.1 Å². The van der Waals surface area contributed by atoms with Crippen LogP contribution >= 0.6 is 11.6 Å². The molecule has 7 heteroatoms. The second kappa shape index (κ2) is 4.57. The molecule has 16 heavy (non-hydrogen) atoms. The van der Waals surface area contributed by atoms with Crippen LogP contribution in [0.2, 0.25) is 5.02 Å². The summed E-state index contributed by atoms with van der Waals surface area (Å²) < 4.78 is 52.3. The van der Waals surface area contributed by atoms with Crippen LogP contribution in [0.15, 0.2) is 12.1 Å². The van der Waals surface area contributed by atoms with Crippen LogP contribution in [0.5, 0.6) is 0 Å². The Morgan fingerprint density at radius 3 is 2.12 bits per heavy atom. The van der Waals surface area contributed by atoms with Crippen LogP contribution in [-0.2, 0) is 0 Å². The summed E-state index contributed by atoms with van der Waals surface area (Å²) in [6.45, 7) is -1.60. The Morgan fingerprint density at radius 1 is 1.31 bits per heavy atom. The SMILES string of the molecule is N[C@@H](c1c(F)cc(Cl)cc1F)C(F)(F)CO. The zero-order valence-electron chi connectivity index (χ0n) is 7.85. The molecule has 0 radical (unpaired) electrons. The maximum atomic E-state index is 13.2. The summed E-state index contributed by atoms with van der Waals surface area (Å²) in [4.78, 5) is 0. The largest absolute Gasteiger partial charge is 0.390 e. The van der Waals surface area contributed by atoms with E-state index >= 15 is 0 Å². The molecule has 1 atom stereocenters. The van der Waals surface area contributed by atoms with E-state index in [9.17, 15) is 17.6 Å². The van der Waals surface area contributed by atoms with Crippen LogP contribution in [0.25, 0.3) is 0 Å². The molecule has 0 unspecified atom stereocenters. The van der Waals surface area contributed by atoms with Crippen LogP contribution in [-0.4, -0.2) is 17.6 Å². The zero-order chi connectivity index (χ0) is 12.5. The maximum absolute atomic E-state index is 13.2. The topological polar surface area (TPSA) is 46.2 Å². The molecule has 0 aliphatic carbocycles. The third kappa shape index (κ3) is 2.45. The summed E-state index contributed by atoms with van der Waals surface area (Å²) >= 11 is 5.32. The van der Waals surface area contributed by atoms with Crippen molar-refractivity contribution in [3.63, 3.8) is 0 Å². The first kappa shape index (κ1) is 13.2. The maximum Gasteiger partial charge on any atom is 0.289 e. The lowest BCUT2D eigenvalue weighted by Crippen LogP contribution is -2.37. The van der Waals surface area contributed by atoms with Gasteiger partial charge in [0.25, 0.3) is 5.92 Å². The molecule has 2 nitrogen and oxygen atoms in total. The van der Waals surface area contributed by atoms with E-state index in [2.05, 4.69) is 0 Å². The number of nitrogens with two attached hydrogens (primary N) is 1. The number of halogens is 5. The van der Waals surface area contributed by atoms with Gasteiger partial charge in [0, 0.05) is 10.6 Å². The summed E-state index contributed by atoms with van der Waals surface area (Å²) in [5.41, 5.74) is 4.01. The molecule has 0 amide bonds. The van der Waals surface area contributed by atoms with Crippen molar-refractivity contribution in [2.45, 2.75) is 12.0 Å². The Hall–Kier alpha value is -0.850. The van der Waals surface area contributed by atoms with E-state index in [1.165, 1.54) is 0 Å². The fourth-order valence-corrected chi connectivity index (χ4v) is 1.35. The quantitative estimate of drug-likeness (QED) is 0.816. The van der Waals surface area contributed by atoms with Gasteiger partial charge in [-0.05, 0) is 12.1 Å². The van der Waals surface area contributed by atoms with E-state index in [1.807, 2.05) is 0 Å². The average molecular weight is 258 g/mol. The third-order valence-electron chi connectivity index (χ3n) is 2.02. The molecule has 0 spiro atoms. The molecule has 0 saturated carbocycles. The molecule has 0 aliphatic heterocycles. The number of hydrogen-bond acceptors (Lipinski definition) is 2. The fourth-order valence-electron chi connectivity index (χ4n) is 1.16. The highest BCUT2D eigenvalue weighted by atomic mass is 35.5. The highest BCUT2D eigenvalue weighted by molar-refractivity contribution is 6.30. The molecule has 0 aromatic heterocycles. The van der Waals surface area contributed by atoms with Crippen molar-refractivity contribution in [1.29, 1.82) is 0 Å². The Kier molecular flexibility index (Phi) is 3.77. The molecule has 0 fully saturated rings. The van der Waals surface area contributed by atoms with E-state index in [1.54, 1.807) is 0 Å². The smallest absolute Gasteiger partial charge is 0.289 e. The van der Waals surface area contributed by atoms with E-state index in [4.69, 9.17) is 22.4 Å². The first-order chi connectivity index (χ1) is 7.29. The van der Waals surface area contributed by atoms with Gasteiger partial charge < -0.3 is 10.8 Å². The number of benzene rings is 1. The Bertz CT molecular complexity index is 376. The molecule has 3 N–H and O–H groups in total. The second-order valence-electron chi connectivity index (χ2n) is 3.18. The van der Waals surface area contributed by atoms with Gasteiger partial charge in [0.05, 0.1) is 0 Å². The standard InChI is InChI=1S/C9H8ClF4NO/c10-4-1-5(11)7(6(12)2-4)8(15)9(13,14)3-16/h1-2,8,16H,3,15H2/t8-/m0/s1. The van der Waals surface area contributed by atoms with Gasteiger partial charge in [-0.15, -0.1) is 0 Å². The molecule has 1 rings (SSSR count). The first-order valence-corrected chi connectivity index (χ1v) is 4.56. The van der Waals surface area contributed by atoms with Crippen molar-refractivity contribution in [3.05, 3.63) is 34.4 Å². The van der Waals surface area contributed by atoms with Gasteiger partial charge in [0.15, 0.2) is 0 Å². The van der Waals surface area contributed by atoms with Crippen LogP contribution in [0.3, 0.4) is 0 Å². The number of hydrogen-bond donors (Lipinski definition) is 2. The van der Waals surface area contributed by atoms with Gasteiger partial charge in [-0.3, -0.25) is 0 Å². The molecule has 0 heterocycles. The van der Waals surface area contributed by atoms with Crippen molar-refractivity contribution in [2.75, 3.05) is 6.61 Å². The number of aliphatic hydroxyl groups excluding tert-OH is 1. The minimum absolute atomic E-state index is 0.265. The van der Waals surface area contributed by atoms with Crippen LogP contribution in [0, 0.1) is 11.6 Å². The fraction of sp³-hybridized carbons (Fsp3) is 0.333. The number of alkyl halides is 2. The Labute approximate surface area is 93.6 Å². The Balaban J connectivity index is 3.24. The Morgan fingerprint density at radius 2 is 1.75 bits per heavy atom. The van der Waals surface area contributed by atoms with Gasteiger partial charge in [-0.2, -0.15) is 0 Å². The first-order valence-electron chi connectivity index (χ1n) is 4.18. The van der Waals surface area contributed by atoms with E-state index in [-0.39, 0.29) is 5.02 Å². The second-order valence-corrected chi connectivity index (χ2v) is 3.62. The lowest BCUT2D eigenvalue weighted by atomic mass is 10.0. The minimum Gasteiger partial charge on any atom is -0.390 e. The molecule has 90 valence electrons. The number of rotatable bonds is 3.